The van der Waals surface area contributed by atoms with Crippen LogP contribution in [0.25, 0.3) is 4.85 Å². The first-order chi connectivity index (χ1) is 5.29. The fourth-order valence-electron chi connectivity index (χ4n) is 0.719. The summed E-state index contributed by atoms with van der Waals surface area (Å²) < 4.78 is 0.673. The fraction of sp³-hybridized carbons (Fsp3) is 0. The van der Waals surface area contributed by atoms with Gasteiger partial charge in [0, 0.05) is 4.47 Å². The Bertz CT molecular complexity index is 357. The van der Waals surface area contributed by atoms with Gasteiger partial charge in [0.05, 0.1) is 18.2 Å². The summed E-state index contributed by atoms with van der Waals surface area (Å²) in [5.41, 5.74) is 0.796. The summed E-state index contributed by atoms with van der Waals surface area (Å²) in [6.07, 6.45) is 0. The van der Waals surface area contributed by atoms with E-state index in [1.165, 1.54) is 0 Å². The van der Waals surface area contributed by atoms with E-state index in [4.69, 9.17) is 11.8 Å². The van der Waals surface area contributed by atoms with Gasteiger partial charge in [0.1, 0.15) is 0 Å². The van der Waals surface area contributed by atoms with E-state index in [1.54, 1.807) is 18.2 Å². The van der Waals surface area contributed by atoms with Crippen LogP contribution in [0.15, 0.2) is 22.7 Å². The van der Waals surface area contributed by atoms with Crippen molar-refractivity contribution in [2.24, 2.45) is 0 Å². The molecule has 0 aliphatic rings. The van der Waals surface area contributed by atoms with Gasteiger partial charge in [-0.05, 0) is 0 Å². The van der Waals surface area contributed by atoms with Crippen LogP contribution in [0.2, 0.25) is 0 Å². The molecule has 0 saturated heterocycles. The van der Waals surface area contributed by atoms with Crippen LogP contribution in [0.5, 0.6) is 0 Å². The van der Waals surface area contributed by atoms with E-state index in [1.807, 2.05) is 6.07 Å². The van der Waals surface area contributed by atoms with Crippen molar-refractivity contribution in [3.05, 3.63) is 39.7 Å². The zero-order valence-electron chi connectivity index (χ0n) is 5.50. The Morgan fingerprint density at radius 3 is 2.73 bits per heavy atom. The lowest BCUT2D eigenvalue weighted by atomic mass is 10.2. The van der Waals surface area contributed by atoms with Gasteiger partial charge in [-0.2, -0.15) is 5.26 Å². The number of halogens is 1. The Balaban J connectivity index is 3.42. The molecule has 1 rings (SSSR count). The van der Waals surface area contributed by atoms with E-state index in [9.17, 15) is 0 Å². The van der Waals surface area contributed by atoms with Crippen LogP contribution in [0.4, 0.5) is 5.69 Å². The van der Waals surface area contributed by atoms with Gasteiger partial charge < -0.3 is 0 Å². The van der Waals surface area contributed by atoms with E-state index < -0.39 is 0 Å². The molecule has 3 heteroatoms. The van der Waals surface area contributed by atoms with Crippen molar-refractivity contribution in [1.82, 2.24) is 0 Å². The number of nitrogens with zero attached hydrogens (tertiary/aromatic N) is 2. The second-order valence-corrected chi connectivity index (χ2v) is 2.71. The van der Waals surface area contributed by atoms with Gasteiger partial charge in [0.2, 0.25) is 5.69 Å². The maximum Gasteiger partial charge on any atom is 0.218 e. The smallest absolute Gasteiger partial charge is 0.218 e. The van der Waals surface area contributed by atoms with Crippen molar-refractivity contribution < 1.29 is 0 Å². The molecule has 0 aromatic heterocycles. The highest BCUT2D eigenvalue weighted by atomic mass is 79.9. The fourth-order valence-corrected chi connectivity index (χ4v) is 1.17. The Hall–Kier alpha value is -1.32. The van der Waals surface area contributed by atoms with Crippen LogP contribution in [-0.4, -0.2) is 0 Å². The van der Waals surface area contributed by atoms with Crippen LogP contribution in [0.3, 0.4) is 0 Å². The van der Waals surface area contributed by atoms with Crippen molar-refractivity contribution in [2.45, 2.75) is 0 Å². The van der Waals surface area contributed by atoms with E-state index in [2.05, 4.69) is 20.8 Å². The summed E-state index contributed by atoms with van der Waals surface area (Å²) in [6.45, 7) is 6.77. The van der Waals surface area contributed by atoms with Gasteiger partial charge in [0.25, 0.3) is 0 Å². The standard InChI is InChI=1S/C8H3BrN2/c1-11-8-6(5-10)3-2-4-7(8)9/h2-4H. The van der Waals surface area contributed by atoms with E-state index in [-0.39, 0.29) is 0 Å². The largest absolute Gasteiger partial charge is 0.236 e. The van der Waals surface area contributed by atoms with Gasteiger partial charge in [-0.15, -0.1) is 0 Å². The number of rotatable bonds is 0. The number of benzene rings is 1. The number of para-hydroxylation sites is 1. The highest BCUT2D eigenvalue weighted by Gasteiger charge is 2.03. The molecule has 52 valence electrons. The predicted octanol–water partition coefficient (Wildman–Crippen LogP) is 2.87. The third-order valence-corrected chi connectivity index (χ3v) is 1.86. The molecule has 0 aliphatic heterocycles. The van der Waals surface area contributed by atoms with Crippen molar-refractivity contribution in [3.8, 4) is 6.07 Å². The normalized spacial score (nSPS) is 8.27. The molecule has 0 fully saturated rings. The summed E-state index contributed by atoms with van der Waals surface area (Å²) in [5.74, 6) is 0. The van der Waals surface area contributed by atoms with E-state index in [0.717, 1.165) is 0 Å². The first-order valence-electron chi connectivity index (χ1n) is 2.85. The van der Waals surface area contributed by atoms with Crippen molar-refractivity contribution in [2.75, 3.05) is 0 Å². The molecule has 1 aromatic rings. The molecule has 0 saturated carbocycles. The molecule has 0 aliphatic carbocycles. The number of nitriles is 1. The molecule has 0 atom stereocenters. The number of hydrogen-bond donors (Lipinski definition) is 0. The highest BCUT2D eigenvalue weighted by Crippen LogP contribution is 2.28. The molecule has 0 radical (unpaired) electrons. The molecular weight excluding hydrogens is 204 g/mol. The van der Waals surface area contributed by atoms with Gasteiger partial charge in [0.15, 0.2) is 0 Å². The summed E-state index contributed by atoms with van der Waals surface area (Å²) >= 11 is 3.18. The maximum atomic E-state index is 8.56. The molecule has 0 amide bonds. The maximum absolute atomic E-state index is 8.56. The Labute approximate surface area is 73.0 Å². The summed E-state index contributed by atoms with van der Waals surface area (Å²) in [4.78, 5) is 3.22. The Morgan fingerprint density at radius 2 is 2.27 bits per heavy atom. The predicted molar refractivity (Wildman–Crippen MR) is 45.1 cm³/mol. The lowest BCUT2D eigenvalue weighted by Crippen LogP contribution is -1.74. The van der Waals surface area contributed by atoms with Crippen molar-refractivity contribution in [1.29, 1.82) is 5.26 Å². The first-order valence-corrected chi connectivity index (χ1v) is 3.65. The summed E-state index contributed by atoms with van der Waals surface area (Å²) in [6, 6.07) is 7.04. The molecule has 0 heterocycles. The van der Waals surface area contributed by atoms with Gasteiger partial charge in [-0.25, -0.2) is 4.85 Å². The lowest BCUT2D eigenvalue weighted by molar-refractivity contribution is 1.48. The van der Waals surface area contributed by atoms with Crippen molar-refractivity contribution in [3.63, 3.8) is 0 Å². The zero-order chi connectivity index (χ0) is 8.27. The second kappa shape index (κ2) is 3.18. The average Bonchev–Trinajstić information content (AvgIpc) is 2.04. The Morgan fingerprint density at radius 1 is 1.55 bits per heavy atom. The topological polar surface area (TPSA) is 28.1 Å². The average molecular weight is 207 g/mol. The summed E-state index contributed by atoms with van der Waals surface area (Å²) in [7, 11) is 0. The highest BCUT2D eigenvalue weighted by molar-refractivity contribution is 9.10. The summed E-state index contributed by atoms with van der Waals surface area (Å²) in [5, 5.41) is 8.56. The van der Waals surface area contributed by atoms with Gasteiger partial charge >= 0.3 is 0 Å². The van der Waals surface area contributed by atoms with Crippen LogP contribution in [0.1, 0.15) is 5.56 Å². The van der Waals surface area contributed by atoms with Crippen LogP contribution in [0, 0.1) is 17.9 Å². The van der Waals surface area contributed by atoms with Crippen molar-refractivity contribution >= 4 is 21.6 Å². The second-order valence-electron chi connectivity index (χ2n) is 1.86. The van der Waals surface area contributed by atoms with Crippen LogP contribution >= 0.6 is 15.9 Å². The lowest BCUT2D eigenvalue weighted by Gasteiger charge is -1.94. The molecule has 11 heavy (non-hydrogen) atoms. The van der Waals surface area contributed by atoms with E-state index in [0.29, 0.717) is 15.7 Å². The zero-order valence-corrected chi connectivity index (χ0v) is 7.09. The third-order valence-electron chi connectivity index (χ3n) is 1.22. The molecule has 0 spiro atoms. The molecular formula is C8H3BrN2. The first kappa shape index (κ1) is 7.78. The van der Waals surface area contributed by atoms with E-state index >= 15 is 0 Å². The minimum Gasteiger partial charge on any atom is -0.236 e. The molecule has 0 N–H and O–H groups in total. The third kappa shape index (κ3) is 1.39. The minimum absolute atomic E-state index is 0.384. The monoisotopic (exact) mass is 206 g/mol. The molecule has 1 aromatic carbocycles. The molecule has 0 unspecified atom stereocenters. The molecule has 2 nitrogen and oxygen atoms in total. The quantitative estimate of drug-likeness (QED) is 0.601. The Kier molecular flexibility index (Phi) is 2.25. The molecule has 0 bridgehead atoms. The van der Waals surface area contributed by atoms with Crippen LogP contribution in [-0.2, 0) is 0 Å². The van der Waals surface area contributed by atoms with Crippen LogP contribution < -0.4 is 0 Å². The SMILES string of the molecule is [C-]#[N+]c1c(Br)cccc1C#N. The minimum atomic E-state index is 0.384. The van der Waals surface area contributed by atoms with Gasteiger partial charge in [-0.3, -0.25) is 0 Å². The van der Waals surface area contributed by atoms with Gasteiger partial charge in [-0.1, -0.05) is 34.1 Å². The number of hydrogen-bond acceptors (Lipinski definition) is 1.